The average molecular weight is 244 g/mol. The lowest BCUT2D eigenvalue weighted by Gasteiger charge is -1.94. The van der Waals surface area contributed by atoms with Crippen LogP contribution in [0.25, 0.3) is 10.2 Å². The van der Waals surface area contributed by atoms with Crippen molar-refractivity contribution in [3.63, 3.8) is 0 Å². The van der Waals surface area contributed by atoms with Gasteiger partial charge in [0.05, 0.1) is 10.2 Å². The van der Waals surface area contributed by atoms with E-state index in [0.29, 0.717) is 0 Å². The van der Waals surface area contributed by atoms with E-state index >= 15 is 0 Å². The molecule has 0 saturated heterocycles. The number of aryl methyl sites for hydroxylation is 1. The summed E-state index contributed by atoms with van der Waals surface area (Å²) < 4.78 is 1.96. The molecule has 0 fully saturated rings. The van der Waals surface area contributed by atoms with Crippen molar-refractivity contribution in [2.75, 3.05) is 0 Å². The minimum absolute atomic E-state index is 0.00343. The molecule has 1 heterocycles. The Kier molecular flexibility index (Phi) is 1.81. The summed E-state index contributed by atoms with van der Waals surface area (Å²) in [5.41, 5.74) is 2.06. The molecular weight excluding hydrogens is 238 g/mol. The molecule has 0 spiro atoms. The number of aromatic amines is 1. The number of nitrogens with one attached hydrogen (secondary N) is 1. The molecule has 1 N–H and O–H groups in total. The van der Waals surface area contributed by atoms with E-state index in [1.165, 1.54) is 11.3 Å². The second-order valence-electron chi connectivity index (χ2n) is 2.63. The summed E-state index contributed by atoms with van der Waals surface area (Å²) >= 11 is 4.64. The van der Waals surface area contributed by atoms with Gasteiger partial charge in [-0.15, -0.1) is 0 Å². The van der Waals surface area contributed by atoms with E-state index in [9.17, 15) is 4.79 Å². The van der Waals surface area contributed by atoms with Crippen LogP contribution in [0.2, 0.25) is 0 Å². The van der Waals surface area contributed by atoms with E-state index < -0.39 is 0 Å². The molecule has 0 unspecified atom stereocenters. The van der Waals surface area contributed by atoms with Crippen molar-refractivity contribution in [3.8, 4) is 0 Å². The molecule has 2 rings (SSSR count). The number of fused-ring (bicyclic) bond motifs is 1. The standard InChI is InChI=1S/C8H6BrNOS/c1-4-2-5(9)7-6(3-4)12-8(11)10-7/h2-3H,1H3,(H,10,11). The monoisotopic (exact) mass is 243 g/mol. The Labute approximate surface area is 81.4 Å². The number of H-pyrrole nitrogens is 1. The molecule has 12 heavy (non-hydrogen) atoms. The number of hydrogen-bond donors (Lipinski definition) is 1. The molecule has 2 aromatic rings. The minimum atomic E-state index is -0.00343. The zero-order chi connectivity index (χ0) is 8.72. The average Bonchev–Trinajstić information content (AvgIpc) is 2.29. The molecule has 0 radical (unpaired) electrons. The van der Waals surface area contributed by atoms with Gasteiger partial charge in [0.1, 0.15) is 0 Å². The first-order valence-electron chi connectivity index (χ1n) is 3.46. The minimum Gasteiger partial charge on any atom is -0.311 e. The second kappa shape index (κ2) is 2.71. The second-order valence-corrected chi connectivity index (χ2v) is 4.50. The van der Waals surface area contributed by atoms with Gasteiger partial charge in [-0.2, -0.15) is 0 Å². The Morgan fingerprint density at radius 1 is 1.50 bits per heavy atom. The van der Waals surface area contributed by atoms with Crippen LogP contribution in [-0.2, 0) is 0 Å². The van der Waals surface area contributed by atoms with Crippen LogP contribution < -0.4 is 4.87 Å². The van der Waals surface area contributed by atoms with Crippen molar-refractivity contribution in [1.82, 2.24) is 4.98 Å². The molecule has 62 valence electrons. The van der Waals surface area contributed by atoms with Gasteiger partial charge in [0.15, 0.2) is 0 Å². The normalized spacial score (nSPS) is 10.8. The predicted molar refractivity (Wildman–Crippen MR) is 54.9 cm³/mol. The first kappa shape index (κ1) is 8.01. The largest absolute Gasteiger partial charge is 0.311 e. The van der Waals surface area contributed by atoms with Crippen molar-refractivity contribution < 1.29 is 0 Å². The molecule has 0 aliphatic carbocycles. The van der Waals surface area contributed by atoms with E-state index in [0.717, 1.165) is 20.3 Å². The highest BCUT2D eigenvalue weighted by molar-refractivity contribution is 9.10. The number of halogens is 1. The third-order valence-corrected chi connectivity index (χ3v) is 3.08. The van der Waals surface area contributed by atoms with Crippen LogP contribution in [0.1, 0.15) is 5.56 Å². The number of thiazole rings is 1. The lowest BCUT2D eigenvalue weighted by molar-refractivity contribution is 1.38. The zero-order valence-electron chi connectivity index (χ0n) is 6.35. The molecule has 0 atom stereocenters. The van der Waals surface area contributed by atoms with E-state index in [1.807, 2.05) is 19.1 Å². The van der Waals surface area contributed by atoms with Crippen molar-refractivity contribution in [2.45, 2.75) is 6.92 Å². The van der Waals surface area contributed by atoms with Crippen molar-refractivity contribution in [3.05, 3.63) is 31.8 Å². The smallest absolute Gasteiger partial charge is 0.305 e. The van der Waals surface area contributed by atoms with Crippen LogP contribution in [0.15, 0.2) is 21.4 Å². The molecule has 1 aromatic heterocycles. The number of rotatable bonds is 0. The van der Waals surface area contributed by atoms with Crippen LogP contribution in [0.5, 0.6) is 0 Å². The van der Waals surface area contributed by atoms with E-state index in [4.69, 9.17) is 0 Å². The summed E-state index contributed by atoms with van der Waals surface area (Å²) in [7, 11) is 0. The maximum atomic E-state index is 11.0. The number of hydrogen-bond acceptors (Lipinski definition) is 2. The lowest BCUT2D eigenvalue weighted by Crippen LogP contribution is -1.89. The molecule has 0 amide bonds. The summed E-state index contributed by atoms with van der Waals surface area (Å²) in [6.07, 6.45) is 0. The summed E-state index contributed by atoms with van der Waals surface area (Å²) in [6, 6.07) is 3.99. The van der Waals surface area contributed by atoms with Gasteiger partial charge in [0.2, 0.25) is 0 Å². The number of aromatic nitrogens is 1. The Morgan fingerprint density at radius 3 is 3.00 bits per heavy atom. The first-order valence-corrected chi connectivity index (χ1v) is 5.07. The molecule has 1 aromatic carbocycles. The van der Waals surface area contributed by atoms with Gasteiger partial charge in [-0.3, -0.25) is 4.79 Å². The summed E-state index contributed by atoms with van der Waals surface area (Å²) in [5, 5.41) is 0. The van der Waals surface area contributed by atoms with Crippen LogP contribution in [0.3, 0.4) is 0 Å². The van der Waals surface area contributed by atoms with Gasteiger partial charge in [-0.1, -0.05) is 11.3 Å². The highest BCUT2D eigenvalue weighted by Crippen LogP contribution is 2.24. The quantitative estimate of drug-likeness (QED) is 0.759. The Bertz CT molecular complexity index is 485. The predicted octanol–water partition coefficient (Wildman–Crippen LogP) is 2.66. The van der Waals surface area contributed by atoms with Gasteiger partial charge < -0.3 is 4.98 Å². The van der Waals surface area contributed by atoms with E-state index in [1.54, 1.807) is 0 Å². The van der Waals surface area contributed by atoms with E-state index in [-0.39, 0.29) is 4.87 Å². The van der Waals surface area contributed by atoms with E-state index in [2.05, 4.69) is 20.9 Å². The van der Waals surface area contributed by atoms with Gasteiger partial charge >= 0.3 is 4.87 Å². The summed E-state index contributed by atoms with van der Waals surface area (Å²) in [5.74, 6) is 0. The lowest BCUT2D eigenvalue weighted by atomic mass is 10.2. The van der Waals surface area contributed by atoms with Gasteiger partial charge in [-0.25, -0.2) is 0 Å². The van der Waals surface area contributed by atoms with Crippen LogP contribution in [0.4, 0.5) is 0 Å². The molecule has 4 heteroatoms. The fourth-order valence-corrected chi connectivity index (χ4v) is 2.81. The molecule has 2 nitrogen and oxygen atoms in total. The fraction of sp³-hybridized carbons (Fsp3) is 0.125. The number of benzene rings is 1. The molecule has 0 bridgehead atoms. The SMILES string of the molecule is Cc1cc(Br)c2[nH]c(=O)sc2c1. The van der Waals surface area contributed by atoms with Crippen LogP contribution >= 0.6 is 27.3 Å². The Hall–Kier alpha value is -0.610. The highest BCUT2D eigenvalue weighted by atomic mass is 79.9. The van der Waals surface area contributed by atoms with Gasteiger partial charge in [-0.05, 0) is 40.5 Å². The molecular formula is C8H6BrNOS. The van der Waals surface area contributed by atoms with Gasteiger partial charge in [0, 0.05) is 4.47 Å². The highest BCUT2D eigenvalue weighted by Gasteiger charge is 2.03. The maximum absolute atomic E-state index is 11.0. The summed E-state index contributed by atoms with van der Waals surface area (Å²) in [4.78, 5) is 13.8. The van der Waals surface area contributed by atoms with Crippen molar-refractivity contribution in [2.24, 2.45) is 0 Å². The fourth-order valence-electron chi connectivity index (χ4n) is 1.14. The van der Waals surface area contributed by atoms with Crippen LogP contribution in [0, 0.1) is 6.92 Å². The Balaban J connectivity index is 2.97. The topological polar surface area (TPSA) is 32.9 Å². The van der Waals surface area contributed by atoms with Crippen molar-refractivity contribution >= 4 is 37.5 Å². The maximum Gasteiger partial charge on any atom is 0.305 e. The molecule has 0 saturated carbocycles. The summed E-state index contributed by atoms with van der Waals surface area (Å²) in [6.45, 7) is 2.01. The van der Waals surface area contributed by atoms with Crippen molar-refractivity contribution in [1.29, 1.82) is 0 Å². The molecule has 0 aliphatic heterocycles. The third-order valence-electron chi connectivity index (χ3n) is 1.63. The van der Waals surface area contributed by atoms with Gasteiger partial charge in [0.25, 0.3) is 0 Å². The van der Waals surface area contributed by atoms with Crippen LogP contribution in [-0.4, -0.2) is 4.98 Å². The third kappa shape index (κ3) is 1.21. The Morgan fingerprint density at radius 2 is 2.25 bits per heavy atom. The zero-order valence-corrected chi connectivity index (χ0v) is 8.75. The first-order chi connectivity index (χ1) is 5.66. The molecule has 0 aliphatic rings.